The zero-order valence-electron chi connectivity index (χ0n) is 12.1. The molecule has 0 saturated carbocycles. The molecule has 0 fully saturated rings. The lowest BCUT2D eigenvalue weighted by Crippen LogP contribution is -2.09. The van der Waals surface area contributed by atoms with Crippen molar-refractivity contribution in [2.45, 2.75) is 19.9 Å². The van der Waals surface area contributed by atoms with Crippen LogP contribution < -0.4 is 15.4 Å². The number of benzene rings is 1. The fourth-order valence-electron chi connectivity index (χ4n) is 1.96. The summed E-state index contributed by atoms with van der Waals surface area (Å²) in [6, 6.07) is 9.28. The number of amides is 1. The number of halogens is 1. The van der Waals surface area contributed by atoms with E-state index in [1.54, 1.807) is 13.2 Å². The summed E-state index contributed by atoms with van der Waals surface area (Å²) in [6.45, 7) is 3.46. The van der Waals surface area contributed by atoms with Crippen molar-refractivity contribution < 1.29 is 13.9 Å². The fraction of sp³-hybridized carbons (Fsp3) is 0.267. The molecule has 1 atom stereocenters. The zero-order chi connectivity index (χ0) is 15.4. The zero-order valence-corrected chi connectivity index (χ0v) is 13.7. The predicted molar refractivity (Wildman–Crippen MR) is 85.7 cm³/mol. The van der Waals surface area contributed by atoms with Gasteiger partial charge in [0.05, 0.1) is 18.8 Å². The molecular weight excluding hydrogens is 336 g/mol. The summed E-state index contributed by atoms with van der Waals surface area (Å²) in [5.74, 6) is 1.29. The van der Waals surface area contributed by atoms with Crippen LogP contribution in [-0.4, -0.2) is 13.0 Å². The van der Waals surface area contributed by atoms with Crippen molar-refractivity contribution >= 4 is 33.2 Å². The van der Waals surface area contributed by atoms with Crippen LogP contribution in [0.25, 0.3) is 0 Å². The topological polar surface area (TPSA) is 63.5 Å². The maximum absolute atomic E-state index is 11.1. The van der Waals surface area contributed by atoms with Gasteiger partial charge in [-0.1, -0.05) is 0 Å². The molecule has 1 heterocycles. The molecule has 0 aliphatic rings. The molecule has 0 radical (unpaired) electrons. The van der Waals surface area contributed by atoms with Crippen LogP contribution >= 0.6 is 15.9 Å². The van der Waals surface area contributed by atoms with Gasteiger partial charge in [0, 0.05) is 18.7 Å². The molecule has 2 aromatic rings. The van der Waals surface area contributed by atoms with Crippen LogP contribution in [0.15, 0.2) is 39.4 Å². The summed E-state index contributed by atoms with van der Waals surface area (Å²) >= 11 is 3.29. The summed E-state index contributed by atoms with van der Waals surface area (Å²) in [5, 5.41) is 6.04. The first-order valence-corrected chi connectivity index (χ1v) is 7.26. The normalized spacial score (nSPS) is 11.8. The number of hydrogen-bond acceptors (Lipinski definition) is 4. The lowest BCUT2D eigenvalue weighted by molar-refractivity contribution is -0.114. The molecule has 112 valence electrons. The van der Waals surface area contributed by atoms with Gasteiger partial charge in [-0.25, -0.2) is 0 Å². The van der Waals surface area contributed by atoms with Crippen molar-refractivity contribution in [3.63, 3.8) is 0 Å². The van der Waals surface area contributed by atoms with Gasteiger partial charge >= 0.3 is 0 Å². The van der Waals surface area contributed by atoms with E-state index in [4.69, 9.17) is 9.15 Å². The Labute approximate surface area is 131 Å². The summed E-state index contributed by atoms with van der Waals surface area (Å²) in [4.78, 5) is 11.1. The highest BCUT2D eigenvalue weighted by Crippen LogP contribution is 2.30. The summed E-state index contributed by atoms with van der Waals surface area (Å²) in [5.41, 5.74) is 1.52. The van der Waals surface area contributed by atoms with E-state index in [1.165, 1.54) is 6.92 Å². The molecule has 1 amide bonds. The third-order valence-corrected chi connectivity index (χ3v) is 3.34. The number of anilines is 2. The van der Waals surface area contributed by atoms with Gasteiger partial charge in [0.15, 0.2) is 4.67 Å². The minimum absolute atomic E-state index is 0.00706. The van der Waals surface area contributed by atoms with E-state index in [0.29, 0.717) is 16.1 Å². The largest absolute Gasteiger partial charge is 0.494 e. The van der Waals surface area contributed by atoms with E-state index in [2.05, 4.69) is 26.6 Å². The number of carbonyl (C=O) groups excluding carboxylic acids is 1. The minimum Gasteiger partial charge on any atom is -0.494 e. The summed E-state index contributed by atoms with van der Waals surface area (Å²) < 4.78 is 11.5. The first-order valence-electron chi connectivity index (χ1n) is 6.47. The standard InChI is InChI=1S/C15H17BrN2O3/c1-9(13-6-7-15(16)21-13)17-11-4-5-12(18-10(2)19)14(8-11)20-3/h4-9,17H,1-3H3,(H,18,19). The maximum atomic E-state index is 11.1. The third-order valence-electron chi connectivity index (χ3n) is 2.92. The average Bonchev–Trinajstić information content (AvgIpc) is 2.86. The van der Waals surface area contributed by atoms with Crippen LogP contribution in [0.2, 0.25) is 0 Å². The molecule has 0 aliphatic carbocycles. The Hall–Kier alpha value is -1.95. The van der Waals surface area contributed by atoms with Gasteiger partial charge in [-0.2, -0.15) is 0 Å². The van der Waals surface area contributed by atoms with Gasteiger partial charge in [-0.05, 0) is 47.1 Å². The monoisotopic (exact) mass is 352 g/mol. The Morgan fingerprint density at radius 2 is 2.10 bits per heavy atom. The predicted octanol–water partition coefficient (Wildman–Crippen LogP) is 4.18. The summed E-state index contributed by atoms with van der Waals surface area (Å²) in [6.07, 6.45) is 0. The van der Waals surface area contributed by atoms with Gasteiger partial charge < -0.3 is 19.8 Å². The summed E-state index contributed by atoms with van der Waals surface area (Å²) in [7, 11) is 1.57. The van der Waals surface area contributed by atoms with Gasteiger partial charge in [-0.3, -0.25) is 4.79 Å². The molecular formula is C15H17BrN2O3. The van der Waals surface area contributed by atoms with Gasteiger partial charge in [0.2, 0.25) is 5.91 Å². The molecule has 0 aliphatic heterocycles. The van der Waals surface area contributed by atoms with E-state index in [9.17, 15) is 4.79 Å². The van der Waals surface area contributed by atoms with E-state index < -0.39 is 0 Å². The molecule has 0 bridgehead atoms. The molecule has 5 nitrogen and oxygen atoms in total. The third kappa shape index (κ3) is 4.01. The Morgan fingerprint density at radius 3 is 2.67 bits per heavy atom. The van der Waals surface area contributed by atoms with Gasteiger partial charge in [0.1, 0.15) is 11.5 Å². The van der Waals surface area contributed by atoms with Gasteiger partial charge in [-0.15, -0.1) is 0 Å². The number of furan rings is 1. The average molecular weight is 353 g/mol. The van der Waals surface area contributed by atoms with E-state index >= 15 is 0 Å². The highest BCUT2D eigenvalue weighted by Gasteiger charge is 2.11. The van der Waals surface area contributed by atoms with Crippen LogP contribution in [0, 0.1) is 0 Å². The van der Waals surface area contributed by atoms with Crippen molar-refractivity contribution in [2.24, 2.45) is 0 Å². The number of rotatable bonds is 5. The van der Waals surface area contributed by atoms with Crippen LogP contribution in [0.4, 0.5) is 11.4 Å². The molecule has 2 rings (SSSR count). The van der Waals surface area contributed by atoms with E-state index in [-0.39, 0.29) is 11.9 Å². The van der Waals surface area contributed by atoms with Crippen molar-refractivity contribution in [3.8, 4) is 5.75 Å². The molecule has 0 spiro atoms. The lowest BCUT2D eigenvalue weighted by Gasteiger charge is -2.15. The van der Waals surface area contributed by atoms with Crippen LogP contribution in [0.1, 0.15) is 25.6 Å². The number of hydrogen-bond donors (Lipinski definition) is 2. The van der Waals surface area contributed by atoms with Crippen molar-refractivity contribution in [2.75, 3.05) is 17.7 Å². The van der Waals surface area contributed by atoms with Gasteiger partial charge in [0.25, 0.3) is 0 Å². The van der Waals surface area contributed by atoms with E-state index in [0.717, 1.165) is 11.4 Å². The second-order valence-electron chi connectivity index (χ2n) is 4.60. The number of nitrogens with one attached hydrogen (secondary N) is 2. The Balaban J connectivity index is 2.15. The van der Waals surface area contributed by atoms with Crippen molar-refractivity contribution in [1.29, 1.82) is 0 Å². The van der Waals surface area contributed by atoms with E-state index in [1.807, 2.05) is 31.2 Å². The van der Waals surface area contributed by atoms with Crippen LogP contribution in [0.3, 0.4) is 0 Å². The maximum Gasteiger partial charge on any atom is 0.221 e. The van der Waals surface area contributed by atoms with Crippen molar-refractivity contribution in [1.82, 2.24) is 0 Å². The second-order valence-corrected chi connectivity index (χ2v) is 5.39. The Kier molecular flexibility index (Phi) is 4.90. The van der Waals surface area contributed by atoms with Crippen molar-refractivity contribution in [3.05, 3.63) is 40.8 Å². The number of carbonyl (C=O) groups is 1. The quantitative estimate of drug-likeness (QED) is 0.846. The number of ether oxygens (including phenoxy) is 1. The Bertz CT molecular complexity index is 640. The Morgan fingerprint density at radius 1 is 1.33 bits per heavy atom. The first-order chi connectivity index (χ1) is 9.99. The molecule has 1 unspecified atom stereocenters. The first kappa shape index (κ1) is 15.4. The molecule has 1 aromatic carbocycles. The molecule has 0 saturated heterocycles. The second kappa shape index (κ2) is 6.67. The number of methoxy groups -OCH3 is 1. The molecule has 21 heavy (non-hydrogen) atoms. The highest BCUT2D eigenvalue weighted by atomic mass is 79.9. The SMILES string of the molecule is COc1cc(NC(C)c2ccc(Br)o2)ccc1NC(C)=O. The molecule has 1 aromatic heterocycles. The van der Waals surface area contributed by atoms with Crippen LogP contribution in [0.5, 0.6) is 5.75 Å². The smallest absolute Gasteiger partial charge is 0.221 e. The highest BCUT2D eigenvalue weighted by molar-refractivity contribution is 9.10. The fourth-order valence-corrected chi connectivity index (χ4v) is 2.28. The minimum atomic E-state index is -0.136. The lowest BCUT2D eigenvalue weighted by atomic mass is 10.2. The molecule has 2 N–H and O–H groups in total. The molecule has 6 heteroatoms. The van der Waals surface area contributed by atoms with Crippen LogP contribution in [-0.2, 0) is 4.79 Å².